The van der Waals surface area contributed by atoms with Gasteiger partial charge in [-0.15, -0.1) is 0 Å². The Morgan fingerprint density at radius 3 is 2.61 bits per heavy atom. The molecule has 0 aromatic heterocycles. The zero-order valence-electron chi connectivity index (χ0n) is 11.0. The quantitative estimate of drug-likeness (QED) is 0.765. The Hall–Kier alpha value is -1.71. The van der Waals surface area contributed by atoms with E-state index in [0.717, 1.165) is 19.6 Å². The maximum absolute atomic E-state index is 11.3. The van der Waals surface area contributed by atoms with Gasteiger partial charge in [-0.25, -0.2) is 4.79 Å². The van der Waals surface area contributed by atoms with Gasteiger partial charge in [-0.1, -0.05) is 32.0 Å². The van der Waals surface area contributed by atoms with Gasteiger partial charge in [0, 0.05) is 25.3 Å². The molecule has 4 heteroatoms. The number of hydrogen-bond donors (Lipinski definition) is 0. The molecule has 0 aliphatic carbocycles. The first-order chi connectivity index (χ1) is 8.84. The second-order valence-electron chi connectivity index (χ2n) is 4.21. The van der Waals surface area contributed by atoms with Crippen molar-refractivity contribution in [2.45, 2.75) is 19.9 Å². The molecule has 4 nitrogen and oxygen atoms in total. The van der Waals surface area contributed by atoms with Gasteiger partial charge in [0.15, 0.2) is 0 Å². The molecule has 0 N–H and O–H groups in total. The number of carbonyl (C=O) groups excluding carboxylic acids is 1. The van der Waals surface area contributed by atoms with E-state index in [1.165, 1.54) is 5.69 Å². The Balaban J connectivity index is 0.000000574. The number of nitrogens with zero attached hydrogens (tertiary/aromatic N) is 2. The Morgan fingerprint density at radius 2 is 1.89 bits per heavy atom. The fourth-order valence-corrected chi connectivity index (χ4v) is 2.36. The van der Waals surface area contributed by atoms with Crippen molar-refractivity contribution in [1.82, 2.24) is 4.90 Å². The van der Waals surface area contributed by atoms with Crippen LogP contribution in [-0.4, -0.2) is 43.3 Å². The highest BCUT2D eigenvalue weighted by atomic mass is 16.6. The number of piperazine rings is 1. The third-order valence-electron chi connectivity index (χ3n) is 3.24. The van der Waals surface area contributed by atoms with E-state index in [2.05, 4.69) is 17.0 Å². The number of anilines is 1. The minimum Gasteiger partial charge on any atom is -0.447 e. The van der Waals surface area contributed by atoms with E-state index in [1.807, 2.05) is 36.9 Å². The second-order valence-corrected chi connectivity index (χ2v) is 4.21. The lowest BCUT2D eigenvalue weighted by Gasteiger charge is -2.36. The molecular formula is C14H20N2O2. The molecule has 2 saturated heterocycles. The van der Waals surface area contributed by atoms with Gasteiger partial charge < -0.3 is 9.64 Å². The van der Waals surface area contributed by atoms with Crippen molar-refractivity contribution in [3.05, 3.63) is 30.3 Å². The summed E-state index contributed by atoms with van der Waals surface area (Å²) in [7, 11) is 0. The van der Waals surface area contributed by atoms with Crippen LogP contribution in [0.5, 0.6) is 0 Å². The van der Waals surface area contributed by atoms with Crippen LogP contribution >= 0.6 is 0 Å². The highest BCUT2D eigenvalue weighted by Gasteiger charge is 2.37. The lowest BCUT2D eigenvalue weighted by atomic mass is 10.2. The maximum Gasteiger partial charge on any atom is 0.410 e. The van der Waals surface area contributed by atoms with Gasteiger partial charge in [-0.2, -0.15) is 0 Å². The molecule has 2 heterocycles. The first-order valence-corrected chi connectivity index (χ1v) is 6.58. The maximum atomic E-state index is 11.3. The number of rotatable bonds is 1. The number of cyclic esters (lactones) is 1. The number of fused-ring (bicyclic) bond motifs is 1. The van der Waals surface area contributed by atoms with Gasteiger partial charge in [0.05, 0.1) is 6.04 Å². The Kier molecular flexibility index (Phi) is 4.07. The predicted octanol–water partition coefficient (Wildman–Crippen LogP) is 2.35. The number of amides is 1. The van der Waals surface area contributed by atoms with E-state index in [4.69, 9.17) is 4.74 Å². The smallest absolute Gasteiger partial charge is 0.410 e. The van der Waals surface area contributed by atoms with Crippen LogP contribution in [-0.2, 0) is 4.74 Å². The Bertz CT molecular complexity index is 394. The van der Waals surface area contributed by atoms with Crippen LogP contribution in [0.3, 0.4) is 0 Å². The van der Waals surface area contributed by atoms with Crippen molar-refractivity contribution in [3.63, 3.8) is 0 Å². The molecule has 1 amide bonds. The zero-order chi connectivity index (χ0) is 13.0. The average molecular weight is 248 g/mol. The largest absolute Gasteiger partial charge is 0.447 e. The topological polar surface area (TPSA) is 32.8 Å². The van der Waals surface area contributed by atoms with Crippen molar-refractivity contribution < 1.29 is 9.53 Å². The van der Waals surface area contributed by atoms with Gasteiger partial charge in [0.2, 0.25) is 0 Å². The van der Waals surface area contributed by atoms with E-state index >= 15 is 0 Å². The summed E-state index contributed by atoms with van der Waals surface area (Å²) in [5, 5.41) is 0. The lowest BCUT2D eigenvalue weighted by molar-refractivity contribution is 0.157. The van der Waals surface area contributed by atoms with Gasteiger partial charge in [-0.3, -0.25) is 4.90 Å². The van der Waals surface area contributed by atoms with Gasteiger partial charge in [-0.05, 0) is 12.1 Å². The van der Waals surface area contributed by atoms with E-state index in [-0.39, 0.29) is 12.1 Å². The highest BCUT2D eigenvalue weighted by Crippen LogP contribution is 2.22. The third kappa shape index (κ3) is 2.42. The fraction of sp³-hybridized carbons (Fsp3) is 0.500. The summed E-state index contributed by atoms with van der Waals surface area (Å²) in [5.74, 6) is 0. The zero-order valence-corrected chi connectivity index (χ0v) is 11.0. The SMILES string of the molecule is CC.O=C1OCC2CN(c3ccccc3)CCN12. The van der Waals surface area contributed by atoms with Crippen molar-refractivity contribution in [2.75, 3.05) is 31.1 Å². The number of benzene rings is 1. The number of ether oxygens (including phenoxy) is 1. The van der Waals surface area contributed by atoms with Crippen LogP contribution in [0.4, 0.5) is 10.5 Å². The van der Waals surface area contributed by atoms with E-state index in [0.29, 0.717) is 6.61 Å². The van der Waals surface area contributed by atoms with E-state index in [1.54, 1.807) is 0 Å². The summed E-state index contributed by atoms with van der Waals surface area (Å²) in [6, 6.07) is 10.5. The molecule has 0 spiro atoms. The van der Waals surface area contributed by atoms with Crippen LogP contribution in [0.2, 0.25) is 0 Å². The first-order valence-electron chi connectivity index (χ1n) is 6.58. The molecular weight excluding hydrogens is 228 g/mol. The minimum absolute atomic E-state index is 0.155. The summed E-state index contributed by atoms with van der Waals surface area (Å²) < 4.78 is 5.04. The second kappa shape index (κ2) is 5.76. The highest BCUT2D eigenvalue weighted by molar-refractivity contribution is 5.70. The molecule has 3 rings (SSSR count). The fourth-order valence-electron chi connectivity index (χ4n) is 2.36. The molecule has 1 aromatic carbocycles. The molecule has 2 fully saturated rings. The molecule has 0 saturated carbocycles. The van der Waals surface area contributed by atoms with Crippen LogP contribution in [0.1, 0.15) is 13.8 Å². The summed E-state index contributed by atoms with van der Waals surface area (Å²) in [4.78, 5) is 15.5. The van der Waals surface area contributed by atoms with Gasteiger partial charge in [0.1, 0.15) is 6.61 Å². The predicted molar refractivity (Wildman–Crippen MR) is 71.8 cm³/mol. The Morgan fingerprint density at radius 1 is 1.17 bits per heavy atom. The number of hydrogen-bond acceptors (Lipinski definition) is 3. The van der Waals surface area contributed by atoms with Crippen LogP contribution < -0.4 is 4.90 Å². The molecule has 2 aliphatic rings. The summed E-state index contributed by atoms with van der Waals surface area (Å²) >= 11 is 0. The molecule has 1 aromatic rings. The number of para-hydroxylation sites is 1. The van der Waals surface area contributed by atoms with Crippen molar-refractivity contribution in [2.24, 2.45) is 0 Å². The van der Waals surface area contributed by atoms with Gasteiger partial charge >= 0.3 is 6.09 Å². The number of carbonyl (C=O) groups is 1. The molecule has 0 radical (unpaired) electrons. The summed E-state index contributed by atoms with van der Waals surface area (Å²) in [6.45, 7) is 7.05. The molecule has 1 unspecified atom stereocenters. The standard InChI is InChI=1S/C12H14N2O2.C2H6/c15-12-14-7-6-13(8-11(14)9-16-12)10-4-2-1-3-5-10;1-2/h1-5,11H,6-9H2;1-2H3. The van der Waals surface area contributed by atoms with Crippen molar-refractivity contribution in [3.8, 4) is 0 Å². The molecule has 2 aliphatic heterocycles. The average Bonchev–Trinajstić information content (AvgIpc) is 2.83. The first kappa shape index (κ1) is 12.7. The van der Waals surface area contributed by atoms with Crippen LogP contribution in [0.15, 0.2) is 30.3 Å². The van der Waals surface area contributed by atoms with Crippen LogP contribution in [0, 0.1) is 0 Å². The van der Waals surface area contributed by atoms with E-state index in [9.17, 15) is 4.79 Å². The van der Waals surface area contributed by atoms with Crippen LogP contribution in [0.25, 0.3) is 0 Å². The molecule has 18 heavy (non-hydrogen) atoms. The normalized spacial score (nSPS) is 21.9. The third-order valence-corrected chi connectivity index (χ3v) is 3.24. The molecule has 0 bridgehead atoms. The lowest BCUT2D eigenvalue weighted by Crippen LogP contribution is -2.52. The van der Waals surface area contributed by atoms with Crippen molar-refractivity contribution >= 4 is 11.8 Å². The minimum atomic E-state index is -0.155. The summed E-state index contributed by atoms with van der Waals surface area (Å²) in [5.41, 5.74) is 1.22. The molecule has 98 valence electrons. The monoisotopic (exact) mass is 248 g/mol. The van der Waals surface area contributed by atoms with Crippen molar-refractivity contribution in [1.29, 1.82) is 0 Å². The van der Waals surface area contributed by atoms with E-state index < -0.39 is 0 Å². The molecule has 1 atom stereocenters. The summed E-state index contributed by atoms with van der Waals surface area (Å²) in [6.07, 6.45) is -0.155. The Labute approximate surface area is 108 Å². The van der Waals surface area contributed by atoms with Gasteiger partial charge in [0.25, 0.3) is 0 Å².